The molecule has 0 saturated carbocycles. The molecule has 2 N–H and O–H groups in total. The van der Waals surface area contributed by atoms with E-state index in [-0.39, 0.29) is 11.8 Å². The number of rotatable bonds is 5. The van der Waals surface area contributed by atoms with Crippen LogP contribution in [0.1, 0.15) is 30.6 Å². The predicted octanol–water partition coefficient (Wildman–Crippen LogP) is 3.28. The third-order valence-electron chi connectivity index (χ3n) is 2.94. The lowest BCUT2D eigenvalue weighted by atomic mass is 9.99. The number of amides is 1. The smallest absolute Gasteiger partial charge is 0.326 e. The monoisotopic (exact) mass is 439 g/mol. The summed E-state index contributed by atoms with van der Waals surface area (Å²) in [6, 6.07) is 4.48. The van der Waals surface area contributed by atoms with E-state index < -0.39 is 12.0 Å². The minimum atomic E-state index is -1.01. The number of carboxylic acid groups (broad SMARTS) is 1. The Morgan fingerprint density at radius 3 is 2.63 bits per heavy atom. The molecule has 0 aliphatic rings. The molecule has 0 aliphatic heterocycles. The second-order valence-corrected chi connectivity index (χ2v) is 6.40. The average Bonchev–Trinajstić information content (AvgIpc) is 2.37. The first-order valence-corrected chi connectivity index (χ1v) is 7.72. The Labute approximate surface area is 134 Å². The van der Waals surface area contributed by atoms with Crippen LogP contribution in [-0.4, -0.2) is 23.0 Å². The Balaban J connectivity index is 2.94. The van der Waals surface area contributed by atoms with Gasteiger partial charge < -0.3 is 10.4 Å². The zero-order valence-corrected chi connectivity index (χ0v) is 14.4. The second kappa shape index (κ2) is 7.23. The van der Waals surface area contributed by atoms with Crippen molar-refractivity contribution in [3.63, 3.8) is 0 Å². The molecule has 1 rings (SSSR count). The summed E-state index contributed by atoms with van der Waals surface area (Å²) in [5, 5.41) is 11.7. The number of halogens is 2. The molecule has 2 atom stereocenters. The molecule has 104 valence electrons. The molecule has 0 saturated heterocycles. The SMILES string of the molecule is CCC(C)C(NC(=O)c1cc(I)ccc1Br)C(=O)O. The van der Waals surface area contributed by atoms with E-state index in [1.54, 1.807) is 12.1 Å². The summed E-state index contributed by atoms with van der Waals surface area (Å²) in [7, 11) is 0. The van der Waals surface area contributed by atoms with Crippen LogP contribution >= 0.6 is 38.5 Å². The summed E-state index contributed by atoms with van der Waals surface area (Å²) >= 11 is 5.41. The maximum absolute atomic E-state index is 12.1. The van der Waals surface area contributed by atoms with Crippen molar-refractivity contribution >= 4 is 50.4 Å². The van der Waals surface area contributed by atoms with Crippen molar-refractivity contribution in [1.82, 2.24) is 5.32 Å². The van der Waals surface area contributed by atoms with Gasteiger partial charge in [0.1, 0.15) is 6.04 Å². The molecule has 0 fully saturated rings. The van der Waals surface area contributed by atoms with Gasteiger partial charge in [-0.2, -0.15) is 0 Å². The van der Waals surface area contributed by atoms with E-state index in [0.717, 1.165) is 3.57 Å². The van der Waals surface area contributed by atoms with Crippen molar-refractivity contribution in [2.24, 2.45) is 5.92 Å². The molecule has 0 aromatic heterocycles. The fourth-order valence-corrected chi connectivity index (χ4v) is 2.49. The highest BCUT2D eigenvalue weighted by atomic mass is 127. The van der Waals surface area contributed by atoms with Crippen molar-refractivity contribution in [3.05, 3.63) is 31.8 Å². The van der Waals surface area contributed by atoms with Gasteiger partial charge in [-0.25, -0.2) is 4.79 Å². The highest BCUT2D eigenvalue weighted by molar-refractivity contribution is 14.1. The molecule has 2 unspecified atom stereocenters. The number of aliphatic carboxylic acids is 1. The maximum Gasteiger partial charge on any atom is 0.326 e. The Hall–Kier alpha value is -0.630. The van der Waals surface area contributed by atoms with Crippen LogP contribution in [0.5, 0.6) is 0 Å². The summed E-state index contributed by atoms with van der Waals surface area (Å²) in [5.74, 6) is -1.51. The first-order chi connectivity index (χ1) is 8.86. The number of benzene rings is 1. The van der Waals surface area contributed by atoms with E-state index in [0.29, 0.717) is 16.5 Å². The largest absolute Gasteiger partial charge is 0.480 e. The third kappa shape index (κ3) is 4.45. The summed E-state index contributed by atoms with van der Waals surface area (Å²) in [4.78, 5) is 23.3. The van der Waals surface area contributed by atoms with Crippen molar-refractivity contribution in [3.8, 4) is 0 Å². The van der Waals surface area contributed by atoms with Crippen molar-refractivity contribution in [1.29, 1.82) is 0 Å². The number of nitrogens with one attached hydrogen (secondary N) is 1. The molecule has 4 nitrogen and oxygen atoms in total. The van der Waals surface area contributed by atoms with Gasteiger partial charge in [0, 0.05) is 8.04 Å². The van der Waals surface area contributed by atoms with Crippen molar-refractivity contribution in [2.75, 3.05) is 0 Å². The number of hydrogen-bond acceptors (Lipinski definition) is 2. The number of carbonyl (C=O) groups excluding carboxylic acids is 1. The molecule has 0 radical (unpaired) electrons. The minimum Gasteiger partial charge on any atom is -0.480 e. The molecule has 1 aromatic rings. The quantitative estimate of drug-likeness (QED) is 0.692. The predicted molar refractivity (Wildman–Crippen MR) is 85.2 cm³/mol. The van der Waals surface area contributed by atoms with Gasteiger partial charge in [0.25, 0.3) is 5.91 Å². The summed E-state index contributed by atoms with van der Waals surface area (Å²) in [6.07, 6.45) is 0.685. The molecule has 19 heavy (non-hydrogen) atoms. The normalized spacial score (nSPS) is 13.7. The van der Waals surface area contributed by atoms with Gasteiger partial charge in [-0.3, -0.25) is 4.79 Å². The van der Waals surface area contributed by atoms with Crippen LogP contribution in [0.15, 0.2) is 22.7 Å². The molecule has 1 aromatic carbocycles. The van der Waals surface area contributed by atoms with E-state index in [2.05, 4.69) is 43.8 Å². The Bertz CT molecular complexity index is 493. The first-order valence-electron chi connectivity index (χ1n) is 5.85. The highest BCUT2D eigenvalue weighted by Crippen LogP contribution is 2.20. The van der Waals surface area contributed by atoms with Gasteiger partial charge in [-0.1, -0.05) is 20.3 Å². The molecule has 1 amide bonds. The van der Waals surface area contributed by atoms with Crippen LogP contribution in [0, 0.1) is 9.49 Å². The first kappa shape index (κ1) is 16.4. The van der Waals surface area contributed by atoms with Gasteiger partial charge in [0.15, 0.2) is 0 Å². The van der Waals surface area contributed by atoms with Crippen molar-refractivity contribution < 1.29 is 14.7 Å². The summed E-state index contributed by atoms with van der Waals surface area (Å²) in [6.45, 7) is 3.71. The van der Waals surface area contributed by atoms with E-state index in [9.17, 15) is 9.59 Å². The summed E-state index contributed by atoms with van der Waals surface area (Å²) in [5.41, 5.74) is 0.446. The standard InChI is InChI=1S/C13H15BrINO3/c1-3-7(2)11(13(18)19)16-12(17)9-6-8(15)4-5-10(9)14/h4-7,11H,3H2,1-2H3,(H,16,17)(H,18,19). The number of carbonyl (C=O) groups is 2. The van der Waals surface area contributed by atoms with Crippen LogP contribution in [0.4, 0.5) is 0 Å². The molecule has 0 aliphatic carbocycles. The molecule has 6 heteroatoms. The molecule has 0 heterocycles. The average molecular weight is 440 g/mol. The van der Waals surface area contributed by atoms with Crippen LogP contribution in [0.25, 0.3) is 0 Å². The number of carboxylic acids is 1. The lowest BCUT2D eigenvalue weighted by Crippen LogP contribution is -2.45. The van der Waals surface area contributed by atoms with E-state index in [1.807, 2.05) is 19.9 Å². The maximum atomic E-state index is 12.1. The topological polar surface area (TPSA) is 66.4 Å². The molecule has 0 bridgehead atoms. The van der Waals surface area contributed by atoms with E-state index in [1.165, 1.54) is 0 Å². The lowest BCUT2D eigenvalue weighted by molar-refractivity contribution is -0.140. The van der Waals surface area contributed by atoms with Crippen LogP contribution in [0.3, 0.4) is 0 Å². The fourth-order valence-electron chi connectivity index (χ4n) is 1.57. The van der Waals surface area contributed by atoms with Gasteiger partial charge in [-0.05, 0) is 62.6 Å². The van der Waals surface area contributed by atoms with Gasteiger partial charge in [0.2, 0.25) is 0 Å². The van der Waals surface area contributed by atoms with Gasteiger partial charge >= 0.3 is 5.97 Å². The Kier molecular flexibility index (Phi) is 6.25. The Morgan fingerprint density at radius 1 is 1.47 bits per heavy atom. The summed E-state index contributed by atoms with van der Waals surface area (Å²) < 4.78 is 1.57. The van der Waals surface area contributed by atoms with E-state index >= 15 is 0 Å². The number of hydrogen-bond donors (Lipinski definition) is 2. The van der Waals surface area contributed by atoms with Crippen LogP contribution in [-0.2, 0) is 4.79 Å². The highest BCUT2D eigenvalue weighted by Gasteiger charge is 2.26. The Morgan fingerprint density at radius 2 is 2.11 bits per heavy atom. The fraction of sp³-hybridized carbons (Fsp3) is 0.385. The molecular formula is C13H15BrINO3. The molecular weight excluding hydrogens is 425 g/mol. The lowest BCUT2D eigenvalue weighted by Gasteiger charge is -2.20. The third-order valence-corrected chi connectivity index (χ3v) is 4.30. The van der Waals surface area contributed by atoms with Crippen molar-refractivity contribution in [2.45, 2.75) is 26.3 Å². The zero-order chi connectivity index (χ0) is 14.6. The minimum absolute atomic E-state index is 0.122. The van der Waals surface area contributed by atoms with Gasteiger partial charge in [-0.15, -0.1) is 0 Å². The second-order valence-electron chi connectivity index (χ2n) is 4.30. The van der Waals surface area contributed by atoms with Crippen LogP contribution in [0.2, 0.25) is 0 Å². The van der Waals surface area contributed by atoms with Crippen LogP contribution < -0.4 is 5.32 Å². The van der Waals surface area contributed by atoms with E-state index in [4.69, 9.17) is 5.11 Å². The molecule has 0 spiro atoms. The zero-order valence-electron chi connectivity index (χ0n) is 10.6. The van der Waals surface area contributed by atoms with Gasteiger partial charge in [0.05, 0.1) is 5.56 Å².